The van der Waals surface area contributed by atoms with Crippen molar-refractivity contribution in [3.8, 4) is 0 Å². The first-order valence-electron chi connectivity index (χ1n) is 9.18. The van der Waals surface area contributed by atoms with Gasteiger partial charge in [-0.1, -0.05) is 19.1 Å². The molecule has 1 N–H and O–H groups in total. The van der Waals surface area contributed by atoms with Gasteiger partial charge in [-0.3, -0.25) is 4.79 Å². The molecule has 0 aliphatic carbocycles. The van der Waals surface area contributed by atoms with Crippen molar-refractivity contribution in [1.29, 1.82) is 0 Å². The molecule has 3 rings (SSSR count). The maximum absolute atomic E-state index is 12.7. The van der Waals surface area contributed by atoms with Crippen LogP contribution in [0.25, 0.3) is 0 Å². The van der Waals surface area contributed by atoms with E-state index in [9.17, 15) is 4.79 Å². The lowest BCUT2D eigenvalue weighted by molar-refractivity contribution is 0.102. The number of aryl methyl sites for hydroxylation is 2. The Kier molecular flexibility index (Phi) is 5.52. The molecule has 6 nitrogen and oxygen atoms in total. The van der Waals surface area contributed by atoms with Gasteiger partial charge in [-0.25, -0.2) is 9.97 Å². The molecule has 1 aliphatic rings. The van der Waals surface area contributed by atoms with E-state index in [2.05, 4.69) is 32.0 Å². The summed E-state index contributed by atoms with van der Waals surface area (Å²) in [5.41, 5.74) is 4.26. The predicted molar refractivity (Wildman–Crippen MR) is 105 cm³/mol. The van der Waals surface area contributed by atoms with Crippen LogP contribution in [-0.4, -0.2) is 53.5 Å². The Morgan fingerprint density at radius 1 is 1.12 bits per heavy atom. The molecule has 1 saturated heterocycles. The summed E-state index contributed by atoms with van der Waals surface area (Å²) in [5.74, 6) is 0.449. The minimum absolute atomic E-state index is 0.197. The molecular weight excluding hydrogens is 326 g/mol. The van der Waals surface area contributed by atoms with E-state index in [4.69, 9.17) is 0 Å². The van der Waals surface area contributed by atoms with Crippen LogP contribution in [0.3, 0.4) is 0 Å². The number of hydrogen-bond donors (Lipinski definition) is 1. The van der Waals surface area contributed by atoms with Crippen LogP contribution in [0.2, 0.25) is 0 Å². The summed E-state index contributed by atoms with van der Waals surface area (Å²) in [4.78, 5) is 26.4. The van der Waals surface area contributed by atoms with E-state index in [-0.39, 0.29) is 5.91 Å². The summed E-state index contributed by atoms with van der Waals surface area (Å²) in [7, 11) is 0. The lowest BCUT2D eigenvalue weighted by Crippen LogP contribution is -2.47. The average molecular weight is 353 g/mol. The van der Waals surface area contributed by atoms with Gasteiger partial charge in [-0.15, -0.1) is 0 Å². The second-order valence-corrected chi connectivity index (χ2v) is 6.82. The molecule has 0 bridgehead atoms. The molecule has 1 amide bonds. The first-order valence-corrected chi connectivity index (χ1v) is 9.18. The number of likely N-dealkylation sites (N-methyl/N-ethyl adjacent to an activating group) is 1. The molecule has 0 radical (unpaired) electrons. The van der Waals surface area contributed by atoms with Crippen LogP contribution in [0.5, 0.6) is 0 Å². The SMILES string of the molecule is CCN1CCN(c2nc(C)cc(C(=O)Nc3cccc(C)c3C)n2)CC1. The third-order valence-corrected chi connectivity index (χ3v) is 5.03. The van der Waals surface area contributed by atoms with Gasteiger partial charge >= 0.3 is 0 Å². The highest BCUT2D eigenvalue weighted by Crippen LogP contribution is 2.19. The zero-order valence-corrected chi connectivity index (χ0v) is 16.0. The number of rotatable bonds is 4. The van der Waals surface area contributed by atoms with Crippen molar-refractivity contribution in [1.82, 2.24) is 14.9 Å². The fourth-order valence-corrected chi connectivity index (χ4v) is 3.15. The third kappa shape index (κ3) is 4.02. The van der Waals surface area contributed by atoms with E-state index >= 15 is 0 Å². The van der Waals surface area contributed by atoms with Gasteiger partial charge in [-0.2, -0.15) is 0 Å². The number of piperazine rings is 1. The van der Waals surface area contributed by atoms with Gasteiger partial charge in [0.2, 0.25) is 5.95 Å². The van der Waals surface area contributed by atoms with E-state index in [0.717, 1.165) is 55.2 Å². The van der Waals surface area contributed by atoms with Gasteiger partial charge in [-0.05, 0) is 50.6 Å². The predicted octanol–water partition coefficient (Wildman–Crippen LogP) is 2.80. The summed E-state index contributed by atoms with van der Waals surface area (Å²) in [6, 6.07) is 7.64. The zero-order valence-electron chi connectivity index (χ0n) is 16.0. The highest BCUT2D eigenvalue weighted by Gasteiger charge is 2.20. The average Bonchev–Trinajstić information content (AvgIpc) is 2.65. The molecule has 1 aromatic carbocycles. The number of nitrogens with one attached hydrogen (secondary N) is 1. The highest BCUT2D eigenvalue weighted by molar-refractivity contribution is 6.03. The molecule has 26 heavy (non-hydrogen) atoms. The molecule has 6 heteroatoms. The first-order chi connectivity index (χ1) is 12.5. The first kappa shape index (κ1) is 18.3. The minimum atomic E-state index is -0.197. The maximum atomic E-state index is 12.7. The fourth-order valence-electron chi connectivity index (χ4n) is 3.15. The van der Waals surface area contributed by atoms with Crippen molar-refractivity contribution < 1.29 is 4.79 Å². The van der Waals surface area contributed by atoms with Crippen LogP contribution in [0.15, 0.2) is 24.3 Å². The Labute approximate surface area is 155 Å². The third-order valence-electron chi connectivity index (χ3n) is 5.03. The van der Waals surface area contributed by atoms with Gasteiger partial charge in [0.15, 0.2) is 0 Å². The Morgan fingerprint density at radius 2 is 1.85 bits per heavy atom. The van der Waals surface area contributed by atoms with Crippen LogP contribution in [0, 0.1) is 20.8 Å². The molecule has 0 unspecified atom stereocenters. The highest BCUT2D eigenvalue weighted by atomic mass is 16.1. The van der Waals surface area contributed by atoms with Crippen LogP contribution >= 0.6 is 0 Å². The van der Waals surface area contributed by atoms with Crippen molar-refractivity contribution in [3.63, 3.8) is 0 Å². The summed E-state index contributed by atoms with van der Waals surface area (Å²) in [6.45, 7) is 13.0. The molecular formula is C20H27N5O. The van der Waals surface area contributed by atoms with E-state index < -0.39 is 0 Å². The molecule has 2 aromatic rings. The number of aromatic nitrogens is 2. The molecule has 138 valence electrons. The van der Waals surface area contributed by atoms with E-state index in [1.165, 1.54) is 0 Å². The van der Waals surface area contributed by atoms with Gasteiger partial charge in [0.1, 0.15) is 5.69 Å². The largest absolute Gasteiger partial charge is 0.338 e. The molecule has 1 aromatic heterocycles. The van der Waals surface area contributed by atoms with Crippen LogP contribution in [-0.2, 0) is 0 Å². The Balaban J connectivity index is 1.79. The monoisotopic (exact) mass is 353 g/mol. The Morgan fingerprint density at radius 3 is 2.54 bits per heavy atom. The van der Waals surface area contributed by atoms with Crippen LogP contribution in [0.1, 0.15) is 34.2 Å². The van der Waals surface area contributed by atoms with E-state index in [0.29, 0.717) is 11.6 Å². The number of carbonyl (C=O) groups excluding carboxylic acids is 1. The van der Waals surface area contributed by atoms with Crippen molar-refractivity contribution in [2.45, 2.75) is 27.7 Å². The Hall–Kier alpha value is -2.47. The summed E-state index contributed by atoms with van der Waals surface area (Å²) >= 11 is 0. The second-order valence-electron chi connectivity index (χ2n) is 6.82. The van der Waals surface area contributed by atoms with E-state index in [1.807, 2.05) is 39.0 Å². The Bertz CT molecular complexity index is 797. The lowest BCUT2D eigenvalue weighted by Gasteiger charge is -2.34. The van der Waals surface area contributed by atoms with Crippen LogP contribution in [0.4, 0.5) is 11.6 Å². The van der Waals surface area contributed by atoms with Crippen molar-refractivity contribution in [2.24, 2.45) is 0 Å². The number of benzene rings is 1. The number of nitrogens with zero attached hydrogens (tertiary/aromatic N) is 4. The number of carbonyl (C=O) groups is 1. The van der Waals surface area contributed by atoms with Gasteiger partial charge in [0.25, 0.3) is 5.91 Å². The van der Waals surface area contributed by atoms with Crippen molar-refractivity contribution in [2.75, 3.05) is 42.9 Å². The molecule has 0 spiro atoms. The standard InChI is InChI=1S/C20H27N5O/c1-5-24-9-11-25(12-10-24)20-21-15(3)13-18(23-20)19(26)22-17-8-6-7-14(2)16(17)4/h6-8,13H,5,9-12H2,1-4H3,(H,22,26). The summed E-state index contributed by atoms with van der Waals surface area (Å²) in [5, 5.41) is 2.98. The second kappa shape index (κ2) is 7.83. The van der Waals surface area contributed by atoms with Gasteiger partial charge in [0, 0.05) is 37.6 Å². The van der Waals surface area contributed by atoms with Crippen molar-refractivity contribution in [3.05, 3.63) is 46.8 Å². The minimum Gasteiger partial charge on any atom is -0.338 e. The quantitative estimate of drug-likeness (QED) is 0.916. The molecule has 2 heterocycles. The summed E-state index contributed by atoms with van der Waals surface area (Å²) in [6.07, 6.45) is 0. The summed E-state index contributed by atoms with van der Waals surface area (Å²) < 4.78 is 0. The maximum Gasteiger partial charge on any atom is 0.274 e. The van der Waals surface area contributed by atoms with Gasteiger partial charge < -0.3 is 15.1 Å². The molecule has 1 fully saturated rings. The normalized spacial score (nSPS) is 15.2. The van der Waals surface area contributed by atoms with Gasteiger partial charge in [0.05, 0.1) is 0 Å². The number of amides is 1. The zero-order chi connectivity index (χ0) is 18.7. The molecule has 0 atom stereocenters. The molecule has 0 saturated carbocycles. The van der Waals surface area contributed by atoms with Crippen molar-refractivity contribution >= 4 is 17.5 Å². The topological polar surface area (TPSA) is 61.4 Å². The molecule has 1 aliphatic heterocycles. The number of anilines is 2. The van der Waals surface area contributed by atoms with E-state index in [1.54, 1.807) is 6.07 Å². The fraction of sp³-hybridized carbons (Fsp3) is 0.450. The number of hydrogen-bond acceptors (Lipinski definition) is 5. The lowest BCUT2D eigenvalue weighted by atomic mass is 10.1. The smallest absolute Gasteiger partial charge is 0.274 e. The van der Waals surface area contributed by atoms with Crippen LogP contribution < -0.4 is 10.2 Å².